The zero-order chi connectivity index (χ0) is 24.4. The second-order valence-corrected chi connectivity index (χ2v) is 8.08. The Morgan fingerprint density at radius 3 is 2.56 bits per heavy atom. The third kappa shape index (κ3) is 4.58. The fourth-order valence-corrected chi connectivity index (χ4v) is 3.68. The number of hydrogen-bond acceptors (Lipinski definition) is 5. The minimum absolute atomic E-state index is 0.00232. The first-order valence-corrected chi connectivity index (χ1v) is 10.7. The van der Waals surface area contributed by atoms with Gasteiger partial charge in [0, 0.05) is 24.7 Å². The molecule has 0 aliphatic heterocycles. The van der Waals surface area contributed by atoms with Crippen LogP contribution in [0, 0.1) is 5.82 Å². The highest BCUT2D eigenvalue weighted by atomic mass is 19.1. The summed E-state index contributed by atoms with van der Waals surface area (Å²) >= 11 is 0. The number of benzene rings is 2. The molecule has 4 rings (SSSR count). The molecule has 11 heteroatoms. The number of carbonyl (C=O) groups is 2. The first kappa shape index (κ1) is 22.9. The monoisotopic (exact) mass is 466 g/mol. The van der Waals surface area contributed by atoms with Crippen molar-refractivity contribution < 1.29 is 14.0 Å². The molecule has 2 N–H and O–H groups in total. The number of halogens is 1. The number of fused-ring (bicyclic) bond motifs is 3. The molecular formula is C23H23FN6O4. The molecule has 0 bridgehead atoms. The van der Waals surface area contributed by atoms with Gasteiger partial charge in [-0.25, -0.2) is 18.3 Å². The van der Waals surface area contributed by atoms with Gasteiger partial charge < -0.3 is 10.6 Å². The van der Waals surface area contributed by atoms with Gasteiger partial charge in [-0.1, -0.05) is 18.2 Å². The number of nitrogens with zero attached hydrogens (tertiary/aromatic N) is 4. The lowest BCUT2D eigenvalue weighted by Crippen LogP contribution is -2.33. The Labute approximate surface area is 192 Å². The molecule has 34 heavy (non-hydrogen) atoms. The predicted octanol–water partition coefficient (Wildman–Crippen LogP) is 1.50. The second kappa shape index (κ2) is 9.30. The maximum Gasteiger partial charge on any atom is 0.352 e. The van der Waals surface area contributed by atoms with Gasteiger partial charge in [-0.2, -0.15) is 0 Å². The average molecular weight is 466 g/mol. The lowest BCUT2D eigenvalue weighted by atomic mass is 10.2. The minimum atomic E-state index is -0.624. The summed E-state index contributed by atoms with van der Waals surface area (Å²) in [6.07, 6.45) is 0.00714. The van der Waals surface area contributed by atoms with Gasteiger partial charge in [-0.15, -0.1) is 5.10 Å². The van der Waals surface area contributed by atoms with E-state index in [4.69, 9.17) is 0 Å². The highest BCUT2D eigenvalue weighted by molar-refractivity contribution is 5.90. The number of aryl methyl sites for hydroxylation is 1. The van der Waals surface area contributed by atoms with Crippen molar-refractivity contribution >= 4 is 34.2 Å². The number of rotatable bonds is 7. The standard InChI is InChI=1S/C23H23FN6O4/c1-14(2)25-19(31)10-11-28-21(33)17-8-3-4-9-18(17)30-22(28)27-29(23(30)34)13-20(32)26-16-7-5-6-15(24)12-16/h3-9,12,14H,10-11,13H2,1-2H3,(H,25,31)(H,26,32). The Morgan fingerprint density at radius 2 is 1.82 bits per heavy atom. The number of hydrogen-bond donors (Lipinski definition) is 2. The highest BCUT2D eigenvalue weighted by Gasteiger charge is 2.19. The van der Waals surface area contributed by atoms with Crippen molar-refractivity contribution in [1.29, 1.82) is 0 Å². The Bertz CT molecular complexity index is 1520. The normalized spacial score (nSPS) is 11.3. The molecular weight excluding hydrogens is 443 g/mol. The smallest absolute Gasteiger partial charge is 0.352 e. The maximum atomic E-state index is 13.4. The second-order valence-electron chi connectivity index (χ2n) is 8.08. The zero-order valence-electron chi connectivity index (χ0n) is 18.6. The molecule has 0 saturated heterocycles. The van der Waals surface area contributed by atoms with E-state index in [0.29, 0.717) is 5.52 Å². The number of anilines is 1. The van der Waals surface area contributed by atoms with Gasteiger partial charge in [0.2, 0.25) is 17.6 Å². The van der Waals surface area contributed by atoms with Crippen molar-refractivity contribution in [3.63, 3.8) is 0 Å². The van der Waals surface area contributed by atoms with E-state index in [2.05, 4.69) is 15.7 Å². The fourth-order valence-electron chi connectivity index (χ4n) is 3.68. The topological polar surface area (TPSA) is 120 Å². The third-order valence-electron chi connectivity index (χ3n) is 5.10. The summed E-state index contributed by atoms with van der Waals surface area (Å²) in [5.74, 6) is -1.33. The molecule has 2 amide bonds. The quantitative estimate of drug-likeness (QED) is 0.428. The Balaban J connectivity index is 1.74. The van der Waals surface area contributed by atoms with Crippen LogP contribution >= 0.6 is 0 Å². The molecule has 0 radical (unpaired) electrons. The maximum absolute atomic E-state index is 13.4. The van der Waals surface area contributed by atoms with Crippen LogP contribution in [0.15, 0.2) is 58.1 Å². The Kier molecular flexibility index (Phi) is 6.26. The van der Waals surface area contributed by atoms with Crippen molar-refractivity contribution in [3.8, 4) is 0 Å². The first-order chi connectivity index (χ1) is 16.2. The molecule has 0 unspecified atom stereocenters. The van der Waals surface area contributed by atoms with Crippen molar-refractivity contribution in [2.24, 2.45) is 0 Å². The SMILES string of the molecule is CC(C)NC(=O)CCn1c(=O)c2ccccc2n2c(=O)n(CC(=O)Nc3cccc(F)c3)nc12. The van der Waals surface area contributed by atoms with Crippen molar-refractivity contribution in [2.45, 2.75) is 39.4 Å². The predicted molar refractivity (Wildman–Crippen MR) is 124 cm³/mol. The van der Waals surface area contributed by atoms with Gasteiger partial charge in [0.05, 0.1) is 10.9 Å². The van der Waals surface area contributed by atoms with Crippen LogP contribution in [0.3, 0.4) is 0 Å². The molecule has 4 aromatic rings. The molecule has 176 valence electrons. The molecule has 0 spiro atoms. The molecule has 0 atom stereocenters. The Hall–Kier alpha value is -4.28. The van der Waals surface area contributed by atoms with Crippen molar-refractivity contribution in [2.75, 3.05) is 5.32 Å². The van der Waals surface area contributed by atoms with E-state index in [9.17, 15) is 23.6 Å². The lowest BCUT2D eigenvalue weighted by molar-refractivity contribution is -0.121. The van der Waals surface area contributed by atoms with Gasteiger partial charge in [0.25, 0.3) is 5.56 Å². The van der Waals surface area contributed by atoms with Crippen LogP contribution in [0.5, 0.6) is 0 Å². The lowest BCUT2D eigenvalue weighted by Gasteiger charge is -2.11. The van der Waals surface area contributed by atoms with Crippen molar-refractivity contribution in [3.05, 3.63) is 75.2 Å². The number of para-hydroxylation sites is 1. The summed E-state index contributed by atoms with van der Waals surface area (Å²) in [6.45, 7) is 3.20. The highest BCUT2D eigenvalue weighted by Crippen LogP contribution is 2.12. The van der Waals surface area contributed by atoms with Gasteiger partial charge in [-0.05, 0) is 44.2 Å². The Morgan fingerprint density at radius 1 is 1.06 bits per heavy atom. The average Bonchev–Trinajstić information content (AvgIpc) is 3.09. The number of carbonyl (C=O) groups excluding carboxylic acids is 2. The van der Waals surface area contributed by atoms with Gasteiger partial charge >= 0.3 is 5.69 Å². The summed E-state index contributed by atoms with van der Waals surface area (Å²) in [7, 11) is 0. The number of nitrogens with one attached hydrogen (secondary N) is 2. The molecule has 2 heterocycles. The largest absolute Gasteiger partial charge is 0.354 e. The van der Waals surface area contributed by atoms with E-state index in [1.54, 1.807) is 24.3 Å². The summed E-state index contributed by atoms with van der Waals surface area (Å²) in [5, 5.41) is 9.78. The molecule has 0 fully saturated rings. The van der Waals surface area contributed by atoms with Crippen LogP contribution in [-0.4, -0.2) is 36.6 Å². The summed E-state index contributed by atoms with van der Waals surface area (Å²) in [4.78, 5) is 50.9. The molecule has 0 aliphatic carbocycles. The van der Waals surface area contributed by atoms with Crippen LogP contribution in [0.4, 0.5) is 10.1 Å². The molecule has 2 aromatic carbocycles. The number of aromatic nitrogens is 4. The van der Waals surface area contributed by atoms with Crippen LogP contribution in [0.25, 0.3) is 16.7 Å². The third-order valence-corrected chi connectivity index (χ3v) is 5.10. The molecule has 0 aliphatic rings. The summed E-state index contributed by atoms with van der Waals surface area (Å²) in [5.41, 5.74) is -0.449. The zero-order valence-corrected chi connectivity index (χ0v) is 18.6. The van der Waals surface area contributed by atoms with E-state index < -0.39 is 29.5 Å². The molecule has 0 saturated carbocycles. The van der Waals surface area contributed by atoms with E-state index in [1.807, 2.05) is 13.8 Å². The van der Waals surface area contributed by atoms with E-state index >= 15 is 0 Å². The van der Waals surface area contributed by atoms with E-state index in [1.165, 1.54) is 27.2 Å². The van der Waals surface area contributed by atoms with Crippen LogP contribution in [-0.2, 0) is 22.7 Å². The molecule has 2 aromatic heterocycles. The van der Waals surface area contributed by atoms with Gasteiger partial charge in [-0.3, -0.25) is 19.0 Å². The summed E-state index contributed by atoms with van der Waals surface area (Å²) < 4.78 is 16.8. The van der Waals surface area contributed by atoms with E-state index in [0.717, 1.165) is 10.7 Å². The van der Waals surface area contributed by atoms with Crippen LogP contribution in [0.2, 0.25) is 0 Å². The fraction of sp³-hybridized carbons (Fsp3) is 0.261. The first-order valence-electron chi connectivity index (χ1n) is 10.7. The molecule has 10 nitrogen and oxygen atoms in total. The van der Waals surface area contributed by atoms with Crippen molar-refractivity contribution in [1.82, 2.24) is 24.1 Å². The minimum Gasteiger partial charge on any atom is -0.354 e. The van der Waals surface area contributed by atoms with Gasteiger partial charge in [0.1, 0.15) is 12.4 Å². The summed E-state index contributed by atoms with van der Waals surface area (Å²) in [6, 6.07) is 11.9. The van der Waals surface area contributed by atoms with Gasteiger partial charge in [0.15, 0.2) is 0 Å². The van der Waals surface area contributed by atoms with E-state index in [-0.39, 0.29) is 41.8 Å². The number of amides is 2. The van der Waals surface area contributed by atoms with Crippen LogP contribution in [0.1, 0.15) is 20.3 Å². The van der Waals surface area contributed by atoms with Crippen LogP contribution < -0.4 is 21.9 Å².